The monoisotopic (exact) mass is 325 g/mol. The van der Waals surface area contributed by atoms with E-state index in [4.69, 9.17) is 10.5 Å². The maximum absolute atomic E-state index is 5.98. The molecular formula is C12H16BrN5O. The predicted molar refractivity (Wildman–Crippen MR) is 76.9 cm³/mol. The van der Waals surface area contributed by atoms with Crippen LogP contribution in [0.1, 0.15) is 0 Å². The van der Waals surface area contributed by atoms with E-state index in [9.17, 15) is 0 Å². The summed E-state index contributed by atoms with van der Waals surface area (Å²) in [6.07, 6.45) is 1.89. The molecule has 0 amide bonds. The number of nitrogens with two attached hydrogens (primary N) is 1. The van der Waals surface area contributed by atoms with Crippen molar-refractivity contribution >= 4 is 33.0 Å². The highest BCUT2D eigenvalue weighted by Crippen LogP contribution is 2.20. The van der Waals surface area contributed by atoms with Crippen LogP contribution in [-0.2, 0) is 11.3 Å². The maximum atomic E-state index is 5.98. The van der Waals surface area contributed by atoms with Crippen LogP contribution in [0.15, 0.2) is 16.7 Å². The van der Waals surface area contributed by atoms with Gasteiger partial charge in [-0.1, -0.05) is 0 Å². The quantitative estimate of drug-likeness (QED) is 0.895. The summed E-state index contributed by atoms with van der Waals surface area (Å²) in [4.78, 5) is 11.0. The number of pyridine rings is 1. The van der Waals surface area contributed by atoms with E-state index in [0.29, 0.717) is 12.5 Å². The van der Waals surface area contributed by atoms with Crippen LogP contribution < -0.4 is 5.73 Å². The molecule has 7 heteroatoms. The number of nitrogens with zero attached hydrogens (tertiary/aromatic N) is 4. The molecule has 1 atom stereocenters. The van der Waals surface area contributed by atoms with Gasteiger partial charge in [0.2, 0.25) is 5.95 Å². The molecule has 0 spiro atoms. The average molecular weight is 326 g/mol. The average Bonchev–Trinajstić information content (AvgIpc) is 2.65. The molecule has 2 aromatic heterocycles. The summed E-state index contributed by atoms with van der Waals surface area (Å²) in [5.41, 5.74) is 7.59. The van der Waals surface area contributed by atoms with Crippen molar-refractivity contribution in [2.75, 3.05) is 32.5 Å². The summed E-state index contributed by atoms with van der Waals surface area (Å²) < 4.78 is 8.59. The van der Waals surface area contributed by atoms with Gasteiger partial charge in [0.25, 0.3) is 0 Å². The van der Waals surface area contributed by atoms with E-state index in [1.54, 1.807) is 6.20 Å². The van der Waals surface area contributed by atoms with Crippen LogP contribution in [0.2, 0.25) is 0 Å². The fourth-order valence-corrected chi connectivity index (χ4v) is 2.68. The number of anilines is 1. The molecule has 6 nitrogen and oxygen atoms in total. The minimum absolute atomic E-state index is 0.129. The predicted octanol–water partition coefficient (Wildman–Crippen LogP) is 1.11. The van der Waals surface area contributed by atoms with Gasteiger partial charge in [-0.3, -0.25) is 4.57 Å². The number of rotatable bonds is 2. The summed E-state index contributed by atoms with van der Waals surface area (Å²) in [6.45, 7) is 3.31. The highest BCUT2D eigenvalue weighted by Gasteiger charge is 2.20. The largest absolute Gasteiger partial charge is 0.374 e. The van der Waals surface area contributed by atoms with E-state index in [2.05, 4.69) is 37.8 Å². The van der Waals surface area contributed by atoms with E-state index < -0.39 is 0 Å². The molecule has 3 rings (SSSR count). The van der Waals surface area contributed by atoms with Crippen molar-refractivity contribution in [1.29, 1.82) is 0 Å². The highest BCUT2D eigenvalue weighted by molar-refractivity contribution is 9.10. The molecule has 1 aliphatic heterocycles. The van der Waals surface area contributed by atoms with Gasteiger partial charge in [-0.05, 0) is 29.0 Å². The molecule has 1 saturated heterocycles. The first kappa shape index (κ1) is 12.8. The first-order valence-electron chi connectivity index (χ1n) is 6.21. The molecule has 0 bridgehead atoms. The van der Waals surface area contributed by atoms with Gasteiger partial charge in [-0.25, -0.2) is 9.97 Å². The van der Waals surface area contributed by atoms with Crippen LogP contribution >= 0.6 is 15.9 Å². The normalized spacial score (nSPS) is 21.1. The molecule has 0 aliphatic carbocycles. The number of hydrogen-bond acceptors (Lipinski definition) is 5. The first-order chi connectivity index (χ1) is 9.13. The van der Waals surface area contributed by atoms with Crippen LogP contribution in [0.25, 0.3) is 11.2 Å². The van der Waals surface area contributed by atoms with Gasteiger partial charge in [-0.15, -0.1) is 0 Å². The van der Waals surface area contributed by atoms with Crippen molar-refractivity contribution in [3.63, 3.8) is 0 Å². The number of nitrogen functional groups attached to an aromatic ring is 1. The number of morpholine rings is 1. The topological polar surface area (TPSA) is 69.2 Å². The second-order valence-corrected chi connectivity index (χ2v) is 5.75. The summed E-state index contributed by atoms with van der Waals surface area (Å²) >= 11 is 3.39. The van der Waals surface area contributed by atoms with Crippen LogP contribution in [0.5, 0.6) is 0 Å². The number of likely N-dealkylation sites (N-methyl/N-ethyl adjacent to an activating group) is 1. The second-order valence-electron chi connectivity index (χ2n) is 4.83. The summed E-state index contributed by atoms with van der Waals surface area (Å²) in [5, 5.41) is 0. The van der Waals surface area contributed by atoms with Crippen molar-refractivity contribution < 1.29 is 4.74 Å². The zero-order chi connectivity index (χ0) is 13.4. The van der Waals surface area contributed by atoms with Crippen LogP contribution in [0.4, 0.5) is 5.95 Å². The summed E-state index contributed by atoms with van der Waals surface area (Å²) in [7, 11) is 2.10. The molecule has 0 saturated carbocycles. The fraction of sp³-hybridized carbons (Fsp3) is 0.500. The van der Waals surface area contributed by atoms with Crippen molar-refractivity contribution in [2.24, 2.45) is 0 Å². The molecule has 0 aromatic carbocycles. The molecule has 19 heavy (non-hydrogen) atoms. The minimum Gasteiger partial charge on any atom is -0.374 e. The first-order valence-corrected chi connectivity index (χ1v) is 7.00. The summed E-state index contributed by atoms with van der Waals surface area (Å²) in [6, 6.07) is 1.92. The molecular weight excluding hydrogens is 310 g/mol. The van der Waals surface area contributed by atoms with E-state index in [1.165, 1.54) is 0 Å². The van der Waals surface area contributed by atoms with Gasteiger partial charge < -0.3 is 15.4 Å². The Labute approximate surface area is 119 Å². The Morgan fingerprint density at radius 3 is 3.21 bits per heavy atom. The lowest BCUT2D eigenvalue weighted by Crippen LogP contribution is -2.42. The number of hydrogen-bond donors (Lipinski definition) is 1. The van der Waals surface area contributed by atoms with Gasteiger partial charge in [0.15, 0.2) is 5.65 Å². The van der Waals surface area contributed by atoms with Crippen molar-refractivity contribution in [1.82, 2.24) is 19.4 Å². The molecule has 2 N–H and O–H groups in total. The van der Waals surface area contributed by atoms with Gasteiger partial charge in [-0.2, -0.15) is 0 Å². The van der Waals surface area contributed by atoms with Gasteiger partial charge in [0.05, 0.1) is 19.3 Å². The zero-order valence-corrected chi connectivity index (χ0v) is 12.3. The zero-order valence-electron chi connectivity index (χ0n) is 10.7. The Kier molecular flexibility index (Phi) is 3.42. The fourth-order valence-electron chi connectivity index (χ4n) is 2.36. The lowest BCUT2D eigenvalue weighted by atomic mass is 10.3. The number of fused-ring (bicyclic) bond motifs is 1. The molecule has 102 valence electrons. The third kappa shape index (κ3) is 2.58. The van der Waals surface area contributed by atoms with E-state index >= 15 is 0 Å². The molecule has 1 unspecified atom stereocenters. The van der Waals surface area contributed by atoms with Crippen molar-refractivity contribution in [3.05, 3.63) is 16.7 Å². The summed E-state index contributed by atoms with van der Waals surface area (Å²) in [5.74, 6) is 0.484. The smallest absolute Gasteiger partial charge is 0.202 e. The highest BCUT2D eigenvalue weighted by atomic mass is 79.9. The number of ether oxygens (including phenoxy) is 1. The lowest BCUT2D eigenvalue weighted by Gasteiger charge is -2.30. The Balaban J connectivity index is 1.89. The van der Waals surface area contributed by atoms with E-state index in [1.807, 2.05) is 10.6 Å². The standard InChI is InChI=1S/C12H16BrN5O/c1-17-2-3-19-9(6-17)7-18-11-10(16-12(18)14)4-8(13)5-15-11/h4-5,9H,2-3,6-7H2,1H3,(H2,14,16). The van der Waals surface area contributed by atoms with E-state index in [0.717, 1.165) is 35.3 Å². The van der Waals surface area contributed by atoms with E-state index in [-0.39, 0.29) is 6.10 Å². The SMILES string of the molecule is CN1CCOC(Cn2c(N)nc3cc(Br)cnc32)C1. The lowest BCUT2D eigenvalue weighted by molar-refractivity contribution is -0.0267. The maximum Gasteiger partial charge on any atom is 0.202 e. The Morgan fingerprint density at radius 1 is 1.58 bits per heavy atom. The Bertz CT molecular complexity index is 599. The molecule has 3 heterocycles. The molecule has 0 radical (unpaired) electrons. The second kappa shape index (κ2) is 5.07. The number of imidazole rings is 1. The Morgan fingerprint density at radius 2 is 2.42 bits per heavy atom. The third-order valence-electron chi connectivity index (χ3n) is 3.31. The van der Waals surface area contributed by atoms with Crippen LogP contribution in [0, 0.1) is 0 Å². The number of aromatic nitrogens is 3. The number of halogens is 1. The molecule has 2 aromatic rings. The molecule has 1 fully saturated rings. The molecule has 1 aliphatic rings. The van der Waals surface area contributed by atoms with Crippen LogP contribution in [0.3, 0.4) is 0 Å². The van der Waals surface area contributed by atoms with Crippen LogP contribution in [-0.4, -0.2) is 52.3 Å². The van der Waals surface area contributed by atoms with Gasteiger partial charge in [0.1, 0.15) is 5.52 Å². The van der Waals surface area contributed by atoms with Crippen molar-refractivity contribution in [3.8, 4) is 0 Å². The van der Waals surface area contributed by atoms with Gasteiger partial charge >= 0.3 is 0 Å². The van der Waals surface area contributed by atoms with Crippen molar-refractivity contribution in [2.45, 2.75) is 12.6 Å². The Hall–Kier alpha value is -1.18. The van der Waals surface area contributed by atoms with Gasteiger partial charge in [0, 0.05) is 23.8 Å². The minimum atomic E-state index is 0.129. The third-order valence-corrected chi connectivity index (χ3v) is 3.74.